The van der Waals surface area contributed by atoms with E-state index in [1.807, 2.05) is 38.2 Å². The first-order valence-corrected chi connectivity index (χ1v) is 7.98. The summed E-state index contributed by atoms with van der Waals surface area (Å²) in [5.41, 5.74) is 3.02. The maximum atomic E-state index is 5.17. The Hall–Kier alpha value is -2.43. The van der Waals surface area contributed by atoms with Crippen molar-refractivity contribution < 1.29 is 4.52 Å². The van der Waals surface area contributed by atoms with Crippen LogP contribution in [0.5, 0.6) is 0 Å². The Morgan fingerprint density at radius 3 is 2.69 bits per heavy atom. The maximum absolute atomic E-state index is 5.17. The first-order chi connectivity index (χ1) is 12.2. The average molecular weight is 467 g/mol. The Labute approximate surface area is 169 Å². The first kappa shape index (κ1) is 19.9. The Morgan fingerprint density at radius 2 is 2.04 bits per heavy atom. The minimum absolute atomic E-state index is 0. The Kier molecular flexibility index (Phi) is 7.13. The normalized spacial score (nSPS) is 11.1. The second-order valence-corrected chi connectivity index (χ2v) is 5.55. The van der Waals surface area contributed by atoms with Gasteiger partial charge in [0.15, 0.2) is 11.8 Å². The fourth-order valence-corrected chi connectivity index (χ4v) is 2.43. The molecule has 0 saturated carbocycles. The fourth-order valence-electron chi connectivity index (χ4n) is 2.43. The van der Waals surface area contributed by atoms with Gasteiger partial charge >= 0.3 is 0 Å². The van der Waals surface area contributed by atoms with Gasteiger partial charge in [0.2, 0.25) is 0 Å². The lowest BCUT2D eigenvalue weighted by Crippen LogP contribution is -2.36. The predicted molar refractivity (Wildman–Crippen MR) is 110 cm³/mol. The Bertz CT molecular complexity index is 838. The van der Waals surface area contributed by atoms with Crippen LogP contribution in [0.4, 0.5) is 0 Å². The lowest BCUT2D eigenvalue weighted by atomic mass is 10.2. The van der Waals surface area contributed by atoms with Gasteiger partial charge in [0, 0.05) is 44.3 Å². The van der Waals surface area contributed by atoms with E-state index < -0.39 is 0 Å². The quantitative estimate of drug-likeness (QED) is 0.340. The van der Waals surface area contributed by atoms with Gasteiger partial charge in [-0.2, -0.15) is 5.10 Å². The molecule has 0 aliphatic heterocycles. The van der Waals surface area contributed by atoms with Crippen LogP contribution in [-0.4, -0.2) is 32.9 Å². The molecule has 0 fully saturated rings. The highest BCUT2D eigenvalue weighted by Gasteiger charge is 2.09. The van der Waals surface area contributed by atoms with Gasteiger partial charge in [-0.3, -0.25) is 4.99 Å². The molecule has 0 aliphatic rings. The Balaban J connectivity index is 0.00000243. The van der Waals surface area contributed by atoms with Gasteiger partial charge in [0.25, 0.3) is 0 Å². The molecule has 0 saturated heterocycles. The zero-order chi connectivity index (χ0) is 17.6. The van der Waals surface area contributed by atoms with E-state index in [1.165, 1.54) is 0 Å². The zero-order valence-electron chi connectivity index (χ0n) is 14.9. The third-order valence-corrected chi connectivity index (χ3v) is 3.85. The largest absolute Gasteiger partial charge is 0.361 e. The molecule has 3 aromatic heterocycles. The van der Waals surface area contributed by atoms with Crippen molar-refractivity contribution in [3.8, 4) is 5.82 Å². The standard InChI is InChI=1S/C17H21N7O.HI/c1-12-15(13(2)25-23-12)11-21-17(18-3)20-10-14-5-7-19-16(9-14)24-8-4-6-22-24;/h4-9H,10-11H2,1-3H3,(H2,18,20,21);1H. The van der Waals surface area contributed by atoms with Crippen LogP contribution in [0.15, 0.2) is 46.3 Å². The third-order valence-electron chi connectivity index (χ3n) is 3.85. The van der Waals surface area contributed by atoms with E-state index >= 15 is 0 Å². The molecule has 8 nitrogen and oxygen atoms in total. The number of aromatic nitrogens is 4. The number of aliphatic imine (C=N–C) groups is 1. The number of nitrogens with one attached hydrogen (secondary N) is 2. The van der Waals surface area contributed by atoms with E-state index in [-0.39, 0.29) is 24.0 Å². The molecule has 0 aliphatic carbocycles. The van der Waals surface area contributed by atoms with Crippen LogP contribution in [0, 0.1) is 13.8 Å². The van der Waals surface area contributed by atoms with E-state index in [1.54, 1.807) is 24.1 Å². The monoisotopic (exact) mass is 467 g/mol. The molecule has 9 heteroatoms. The molecule has 26 heavy (non-hydrogen) atoms. The number of pyridine rings is 1. The minimum Gasteiger partial charge on any atom is -0.361 e. The molecule has 138 valence electrons. The molecular weight excluding hydrogens is 445 g/mol. The Morgan fingerprint density at radius 1 is 1.23 bits per heavy atom. The molecule has 0 unspecified atom stereocenters. The summed E-state index contributed by atoms with van der Waals surface area (Å²) in [6.07, 6.45) is 5.37. The summed E-state index contributed by atoms with van der Waals surface area (Å²) >= 11 is 0. The van der Waals surface area contributed by atoms with Crippen molar-refractivity contribution in [1.29, 1.82) is 0 Å². The third kappa shape index (κ3) is 4.81. The second kappa shape index (κ2) is 9.32. The average Bonchev–Trinajstić information content (AvgIpc) is 3.27. The van der Waals surface area contributed by atoms with Crippen LogP contribution in [0.25, 0.3) is 5.82 Å². The minimum atomic E-state index is 0. The second-order valence-electron chi connectivity index (χ2n) is 5.55. The number of halogens is 1. The number of hydrogen-bond acceptors (Lipinski definition) is 5. The topological polar surface area (TPSA) is 93.2 Å². The number of hydrogen-bond donors (Lipinski definition) is 2. The van der Waals surface area contributed by atoms with Gasteiger partial charge in [-0.05, 0) is 37.6 Å². The predicted octanol–water partition coefficient (Wildman–Crippen LogP) is 2.36. The number of aryl methyl sites for hydroxylation is 2. The van der Waals surface area contributed by atoms with Gasteiger partial charge in [-0.1, -0.05) is 5.16 Å². The summed E-state index contributed by atoms with van der Waals surface area (Å²) in [6.45, 7) is 5.06. The van der Waals surface area contributed by atoms with Gasteiger partial charge in [-0.25, -0.2) is 9.67 Å². The molecule has 3 aromatic rings. The SMILES string of the molecule is CN=C(NCc1ccnc(-n2cccn2)c1)NCc1c(C)noc1C.I. The molecule has 0 spiro atoms. The first-order valence-electron chi connectivity index (χ1n) is 7.98. The van der Waals surface area contributed by atoms with Crippen LogP contribution in [0.3, 0.4) is 0 Å². The van der Waals surface area contributed by atoms with Gasteiger partial charge in [0.05, 0.1) is 5.69 Å². The van der Waals surface area contributed by atoms with Gasteiger partial charge in [0.1, 0.15) is 5.76 Å². The van der Waals surface area contributed by atoms with Crippen LogP contribution < -0.4 is 10.6 Å². The summed E-state index contributed by atoms with van der Waals surface area (Å²) in [5.74, 6) is 2.30. The van der Waals surface area contributed by atoms with E-state index in [4.69, 9.17) is 4.52 Å². The number of nitrogens with zero attached hydrogens (tertiary/aromatic N) is 5. The highest BCUT2D eigenvalue weighted by molar-refractivity contribution is 14.0. The molecular formula is C17H22IN7O. The lowest BCUT2D eigenvalue weighted by Gasteiger charge is -2.12. The van der Waals surface area contributed by atoms with E-state index in [2.05, 4.69) is 30.9 Å². The smallest absolute Gasteiger partial charge is 0.191 e. The van der Waals surface area contributed by atoms with Crippen molar-refractivity contribution in [2.24, 2.45) is 4.99 Å². The molecule has 3 rings (SSSR count). The fraction of sp³-hybridized carbons (Fsp3) is 0.294. The summed E-state index contributed by atoms with van der Waals surface area (Å²) in [6, 6.07) is 5.82. The van der Waals surface area contributed by atoms with Crippen LogP contribution in [0.2, 0.25) is 0 Å². The highest BCUT2D eigenvalue weighted by Crippen LogP contribution is 2.11. The zero-order valence-corrected chi connectivity index (χ0v) is 17.3. The number of rotatable bonds is 5. The van der Waals surface area contributed by atoms with Crippen molar-refractivity contribution in [3.05, 3.63) is 59.4 Å². The molecule has 2 N–H and O–H groups in total. The van der Waals surface area contributed by atoms with E-state index in [9.17, 15) is 0 Å². The van der Waals surface area contributed by atoms with Crippen LogP contribution >= 0.6 is 24.0 Å². The van der Waals surface area contributed by atoms with Crippen molar-refractivity contribution >= 4 is 29.9 Å². The molecule has 0 aromatic carbocycles. The summed E-state index contributed by atoms with van der Waals surface area (Å²) < 4.78 is 6.90. The van der Waals surface area contributed by atoms with Crippen molar-refractivity contribution in [2.45, 2.75) is 26.9 Å². The number of guanidine groups is 1. The summed E-state index contributed by atoms with van der Waals surface area (Å²) in [7, 11) is 1.74. The van der Waals surface area contributed by atoms with Crippen LogP contribution in [0.1, 0.15) is 22.6 Å². The van der Waals surface area contributed by atoms with E-state index in [0.717, 1.165) is 28.4 Å². The molecule has 3 heterocycles. The van der Waals surface area contributed by atoms with Gasteiger partial charge < -0.3 is 15.2 Å². The van der Waals surface area contributed by atoms with Gasteiger partial charge in [-0.15, -0.1) is 24.0 Å². The molecule has 0 atom stereocenters. The highest BCUT2D eigenvalue weighted by atomic mass is 127. The lowest BCUT2D eigenvalue weighted by molar-refractivity contribution is 0.392. The molecule has 0 radical (unpaired) electrons. The molecule has 0 amide bonds. The van der Waals surface area contributed by atoms with Crippen molar-refractivity contribution in [3.63, 3.8) is 0 Å². The summed E-state index contributed by atoms with van der Waals surface area (Å²) in [4.78, 5) is 8.57. The van der Waals surface area contributed by atoms with Crippen molar-refractivity contribution in [2.75, 3.05) is 7.05 Å². The van der Waals surface area contributed by atoms with Crippen LogP contribution in [-0.2, 0) is 13.1 Å². The van der Waals surface area contributed by atoms with Crippen molar-refractivity contribution in [1.82, 2.24) is 30.6 Å². The molecule has 0 bridgehead atoms. The van der Waals surface area contributed by atoms with E-state index in [0.29, 0.717) is 19.0 Å². The maximum Gasteiger partial charge on any atom is 0.191 e. The summed E-state index contributed by atoms with van der Waals surface area (Å²) in [5, 5.41) is 14.7.